The van der Waals surface area contributed by atoms with Crippen molar-refractivity contribution in [3.05, 3.63) is 45.6 Å². The number of benzene rings is 1. The van der Waals surface area contributed by atoms with Crippen LogP contribution < -0.4 is 10.1 Å². The van der Waals surface area contributed by atoms with Crippen LogP contribution >= 0.6 is 0 Å². The Hall–Kier alpha value is -2.90. The molecule has 1 amide bonds. The van der Waals surface area contributed by atoms with Crippen LogP contribution in [0.25, 0.3) is 0 Å². The molecule has 0 radical (unpaired) electrons. The molecule has 1 heterocycles. The first-order valence-corrected chi connectivity index (χ1v) is 7.32. The summed E-state index contributed by atoms with van der Waals surface area (Å²) in [5.41, 5.74) is 0.833. The molecular formula is C16H19N3O5. The number of ether oxygens (including phenoxy) is 1. The van der Waals surface area contributed by atoms with Gasteiger partial charge in [-0.15, -0.1) is 0 Å². The predicted molar refractivity (Wildman–Crippen MR) is 87.2 cm³/mol. The normalized spacial score (nSPS) is 11.2. The smallest absolute Gasteiger partial charge is 0.276 e. The van der Waals surface area contributed by atoms with E-state index in [2.05, 4.69) is 10.5 Å². The fourth-order valence-corrected chi connectivity index (χ4v) is 1.96. The summed E-state index contributed by atoms with van der Waals surface area (Å²) < 4.78 is 10.4. The molecule has 0 aliphatic carbocycles. The molecule has 0 atom stereocenters. The maximum Gasteiger partial charge on any atom is 0.276 e. The SMILES string of the molecule is Cc1c(OCC(=O)Nc2cc(C(C)(C)C)no2)cccc1[N+](=O)[O-]. The first-order chi connectivity index (χ1) is 11.2. The van der Waals surface area contributed by atoms with E-state index in [1.165, 1.54) is 12.1 Å². The number of hydrogen-bond donors (Lipinski definition) is 1. The lowest BCUT2D eigenvalue weighted by molar-refractivity contribution is -0.385. The quantitative estimate of drug-likeness (QED) is 0.665. The molecule has 0 spiro atoms. The number of rotatable bonds is 5. The van der Waals surface area contributed by atoms with Gasteiger partial charge in [0.2, 0.25) is 5.88 Å². The van der Waals surface area contributed by atoms with Crippen molar-refractivity contribution in [2.45, 2.75) is 33.1 Å². The molecule has 2 rings (SSSR count). The second-order valence-electron chi connectivity index (χ2n) is 6.32. The monoisotopic (exact) mass is 333 g/mol. The summed E-state index contributed by atoms with van der Waals surface area (Å²) in [5.74, 6) is 0.0640. The van der Waals surface area contributed by atoms with E-state index < -0.39 is 10.8 Å². The van der Waals surface area contributed by atoms with Crippen LogP contribution in [0.2, 0.25) is 0 Å². The zero-order valence-corrected chi connectivity index (χ0v) is 14.0. The number of nitro groups is 1. The molecule has 0 saturated heterocycles. The van der Waals surface area contributed by atoms with Gasteiger partial charge in [0.25, 0.3) is 11.6 Å². The third kappa shape index (κ3) is 4.09. The average Bonchev–Trinajstić information content (AvgIpc) is 2.94. The number of nitrogens with one attached hydrogen (secondary N) is 1. The highest BCUT2D eigenvalue weighted by Crippen LogP contribution is 2.27. The van der Waals surface area contributed by atoms with E-state index in [0.717, 1.165) is 0 Å². The van der Waals surface area contributed by atoms with Gasteiger partial charge in [0.1, 0.15) is 5.75 Å². The molecule has 2 aromatic rings. The highest BCUT2D eigenvalue weighted by atomic mass is 16.6. The fraction of sp³-hybridized carbons (Fsp3) is 0.375. The number of amides is 1. The molecule has 0 fully saturated rings. The largest absolute Gasteiger partial charge is 0.483 e. The minimum Gasteiger partial charge on any atom is -0.483 e. The molecule has 1 N–H and O–H groups in total. The standard InChI is InChI=1S/C16H19N3O5/c1-10-11(19(21)22)6-5-7-12(10)23-9-14(20)17-15-8-13(18-24-15)16(2,3)4/h5-8H,9H2,1-4H3,(H,17,20). The lowest BCUT2D eigenvalue weighted by Gasteiger charge is -2.12. The first-order valence-electron chi connectivity index (χ1n) is 7.32. The van der Waals surface area contributed by atoms with Crippen LogP contribution in [0.1, 0.15) is 32.0 Å². The third-order valence-electron chi connectivity index (χ3n) is 3.35. The van der Waals surface area contributed by atoms with Crippen molar-refractivity contribution in [2.24, 2.45) is 0 Å². The Labute approximate surface area is 138 Å². The number of carbonyl (C=O) groups is 1. The Morgan fingerprint density at radius 3 is 2.71 bits per heavy atom. The van der Waals surface area contributed by atoms with E-state index in [9.17, 15) is 14.9 Å². The van der Waals surface area contributed by atoms with Gasteiger partial charge in [0, 0.05) is 17.5 Å². The summed E-state index contributed by atoms with van der Waals surface area (Å²) in [7, 11) is 0. The van der Waals surface area contributed by atoms with Crippen LogP contribution in [-0.4, -0.2) is 22.6 Å². The Morgan fingerprint density at radius 2 is 2.12 bits per heavy atom. The van der Waals surface area contributed by atoms with Gasteiger partial charge in [-0.2, -0.15) is 0 Å². The van der Waals surface area contributed by atoms with Crippen molar-refractivity contribution in [1.29, 1.82) is 0 Å². The zero-order valence-electron chi connectivity index (χ0n) is 14.0. The maximum atomic E-state index is 11.9. The van der Waals surface area contributed by atoms with Crippen molar-refractivity contribution in [3.63, 3.8) is 0 Å². The van der Waals surface area contributed by atoms with Crippen LogP contribution in [0.4, 0.5) is 11.6 Å². The molecule has 0 aliphatic rings. The van der Waals surface area contributed by atoms with Crippen molar-refractivity contribution in [1.82, 2.24) is 5.16 Å². The summed E-state index contributed by atoms with van der Waals surface area (Å²) in [6.07, 6.45) is 0. The van der Waals surface area contributed by atoms with Crippen LogP contribution in [0, 0.1) is 17.0 Å². The minimum absolute atomic E-state index is 0.0574. The number of nitrogens with zero attached hydrogens (tertiary/aromatic N) is 2. The Bertz CT molecular complexity index is 761. The molecule has 1 aromatic heterocycles. The van der Waals surface area contributed by atoms with Gasteiger partial charge in [-0.3, -0.25) is 20.2 Å². The minimum atomic E-state index is -0.495. The Kier molecular flexibility index (Phi) is 4.87. The molecule has 0 unspecified atom stereocenters. The third-order valence-corrected chi connectivity index (χ3v) is 3.35. The molecule has 24 heavy (non-hydrogen) atoms. The number of nitro benzene ring substituents is 1. The van der Waals surface area contributed by atoms with Gasteiger partial charge in [-0.05, 0) is 13.0 Å². The topological polar surface area (TPSA) is 108 Å². The van der Waals surface area contributed by atoms with Gasteiger partial charge in [-0.1, -0.05) is 32.0 Å². The Balaban J connectivity index is 1.98. The van der Waals surface area contributed by atoms with Gasteiger partial charge >= 0.3 is 0 Å². The second kappa shape index (κ2) is 6.69. The molecule has 128 valence electrons. The van der Waals surface area contributed by atoms with Crippen LogP contribution in [0.5, 0.6) is 5.75 Å². The molecule has 8 heteroatoms. The van der Waals surface area contributed by atoms with Gasteiger partial charge < -0.3 is 9.26 Å². The average molecular weight is 333 g/mol. The first kappa shape index (κ1) is 17.5. The predicted octanol–water partition coefficient (Wildman–Crippen LogP) is 3.21. The number of hydrogen-bond acceptors (Lipinski definition) is 6. The van der Waals surface area contributed by atoms with E-state index >= 15 is 0 Å². The van der Waals surface area contributed by atoms with E-state index in [1.807, 2.05) is 20.8 Å². The lowest BCUT2D eigenvalue weighted by atomic mass is 9.92. The van der Waals surface area contributed by atoms with Gasteiger partial charge in [-0.25, -0.2) is 0 Å². The summed E-state index contributed by atoms with van der Waals surface area (Å²) in [5, 5.41) is 17.3. The van der Waals surface area contributed by atoms with Crippen molar-refractivity contribution in [2.75, 3.05) is 11.9 Å². The van der Waals surface area contributed by atoms with E-state index in [1.54, 1.807) is 19.1 Å². The molecule has 8 nitrogen and oxygen atoms in total. The number of anilines is 1. The Morgan fingerprint density at radius 1 is 1.42 bits per heavy atom. The molecule has 0 saturated carbocycles. The zero-order chi connectivity index (χ0) is 17.9. The fourth-order valence-electron chi connectivity index (χ4n) is 1.96. The highest BCUT2D eigenvalue weighted by molar-refractivity contribution is 5.90. The summed E-state index contributed by atoms with van der Waals surface area (Å²) in [6.45, 7) is 7.20. The van der Waals surface area contributed by atoms with Crippen LogP contribution in [-0.2, 0) is 10.2 Å². The molecular weight excluding hydrogens is 314 g/mol. The van der Waals surface area contributed by atoms with Crippen molar-refractivity contribution >= 4 is 17.5 Å². The van der Waals surface area contributed by atoms with Gasteiger partial charge in [0.15, 0.2) is 6.61 Å². The van der Waals surface area contributed by atoms with Crippen LogP contribution in [0.3, 0.4) is 0 Å². The van der Waals surface area contributed by atoms with Crippen molar-refractivity contribution < 1.29 is 19.0 Å². The summed E-state index contributed by atoms with van der Waals surface area (Å²) in [6, 6.07) is 6.10. The van der Waals surface area contributed by atoms with Crippen LogP contribution in [0.15, 0.2) is 28.8 Å². The lowest BCUT2D eigenvalue weighted by Crippen LogP contribution is -2.20. The molecule has 0 aliphatic heterocycles. The number of carbonyl (C=O) groups excluding carboxylic acids is 1. The van der Waals surface area contributed by atoms with Gasteiger partial charge in [0.05, 0.1) is 16.2 Å². The van der Waals surface area contributed by atoms with E-state index in [-0.39, 0.29) is 29.3 Å². The second-order valence-corrected chi connectivity index (χ2v) is 6.32. The highest BCUT2D eigenvalue weighted by Gasteiger charge is 2.20. The summed E-state index contributed by atoms with van der Waals surface area (Å²) >= 11 is 0. The summed E-state index contributed by atoms with van der Waals surface area (Å²) in [4.78, 5) is 22.3. The van der Waals surface area contributed by atoms with E-state index in [0.29, 0.717) is 11.3 Å². The molecule has 1 aromatic carbocycles. The maximum absolute atomic E-state index is 11.9. The van der Waals surface area contributed by atoms with Crippen molar-refractivity contribution in [3.8, 4) is 5.75 Å². The number of aromatic nitrogens is 1. The molecule has 0 bridgehead atoms. The van der Waals surface area contributed by atoms with E-state index in [4.69, 9.17) is 9.26 Å².